The third kappa shape index (κ3) is 4.63. The molecule has 0 heterocycles. The van der Waals surface area contributed by atoms with E-state index in [1.54, 1.807) is 0 Å². The van der Waals surface area contributed by atoms with Crippen LogP contribution in [-0.4, -0.2) is 11.7 Å². The van der Waals surface area contributed by atoms with E-state index in [9.17, 15) is 0 Å². The normalized spacial score (nSPS) is 10.0. The first kappa shape index (κ1) is 13.8. The summed E-state index contributed by atoms with van der Waals surface area (Å²) in [4.78, 5) is 0. The van der Waals surface area contributed by atoms with E-state index in [0.29, 0.717) is 10.9 Å². The van der Waals surface area contributed by atoms with Crippen molar-refractivity contribution >= 4 is 10.9 Å². The molecule has 0 saturated heterocycles. The highest BCUT2D eigenvalue weighted by Crippen LogP contribution is 2.12. The molecule has 1 N–H and O–H groups in total. The molecule has 0 aliphatic heterocycles. The molecule has 0 radical (unpaired) electrons. The highest BCUT2D eigenvalue weighted by Gasteiger charge is 2.12. The van der Waals surface area contributed by atoms with Gasteiger partial charge in [-0.1, -0.05) is 60.7 Å². The average molecular weight is 246 g/mol. The average Bonchev–Trinajstić information content (AvgIpc) is 2.31. The van der Waals surface area contributed by atoms with E-state index < -0.39 is 0 Å². The van der Waals surface area contributed by atoms with Crippen LogP contribution < -0.4 is 0 Å². The molecule has 0 aromatic heterocycles. The Morgan fingerprint density at radius 2 is 1.06 bits per heavy atom. The van der Waals surface area contributed by atoms with Gasteiger partial charge in [-0.25, -0.2) is 0 Å². The minimum atomic E-state index is 0. The molecule has 0 aliphatic carbocycles. The van der Waals surface area contributed by atoms with Gasteiger partial charge in [0.1, 0.15) is 11.5 Å². The zero-order valence-corrected chi connectivity index (χ0v) is 10.9. The minimum Gasteiger partial charge on any atom is -0.870 e. The van der Waals surface area contributed by atoms with Gasteiger partial charge in [-0.2, -0.15) is 0 Å². The molecule has 0 spiro atoms. The van der Waals surface area contributed by atoms with Gasteiger partial charge >= 0.3 is 0 Å². The fourth-order valence-corrected chi connectivity index (χ4v) is 3.39. The maximum Gasteiger partial charge on any atom is 0.133 e. The van der Waals surface area contributed by atoms with Crippen molar-refractivity contribution in [2.75, 3.05) is 6.26 Å². The summed E-state index contributed by atoms with van der Waals surface area (Å²) in [6.45, 7) is 0. The summed E-state index contributed by atoms with van der Waals surface area (Å²) in [7, 11) is 0.428. The third-order valence-electron chi connectivity index (χ3n) is 2.51. The van der Waals surface area contributed by atoms with Gasteiger partial charge in [-0.15, -0.1) is 0 Å². The Morgan fingerprint density at radius 3 is 1.41 bits per heavy atom. The van der Waals surface area contributed by atoms with Crippen molar-refractivity contribution in [2.45, 2.75) is 11.5 Å². The molecular weight excluding hydrogens is 228 g/mol. The lowest BCUT2D eigenvalue weighted by atomic mass is 10.2. The maximum atomic E-state index is 2.35. The van der Waals surface area contributed by atoms with E-state index in [0.717, 1.165) is 0 Å². The van der Waals surface area contributed by atoms with E-state index in [2.05, 4.69) is 66.9 Å². The molecule has 0 bridgehead atoms. The van der Waals surface area contributed by atoms with Crippen LogP contribution in [0.3, 0.4) is 0 Å². The molecule has 2 aromatic carbocycles. The monoisotopic (exact) mass is 246 g/mol. The highest BCUT2D eigenvalue weighted by atomic mass is 32.2. The Hall–Kier alpha value is -1.25. The van der Waals surface area contributed by atoms with Gasteiger partial charge in [0.2, 0.25) is 0 Å². The smallest absolute Gasteiger partial charge is 0.133 e. The van der Waals surface area contributed by atoms with Gasteiger partial charge in [-0.05, 0) is 10.9 Å². The Labute approximate surface area is 106 Å². The molecule has 0 amide bonds. The fourth-order valence-electron chi connectivity index (χ4n) is 1.77. The summed E-state index contributed by atoms with van der Waals surface area (Å²) in [6.07, 6.45) is 2.35. The molecule has 0 aliphatic rings. The predicted octanol–water partition coefficient (Wildman–Crippen LogP) is 3.46. The molecule has 2 heteroatoms. The third-order valence-corrected chi connectivity index (χ3v) is 4.16. The van der Waals surface area contributed by atoms with Gasteiger partial charge in [0.25, 0.3) is 0 Å². The molecule has 2 aromatic rings. The molecule has 0 saturated carbocycles. The van der Waals surface area contributed by atoms with Gasteiger partial charge in [0.15, 0.2) is 0 Å². The van der Waals surface area contributed by atoms with Crippen molar-refractivity contribution in [1.29, 1.82) is 0 Å². The molecule has 17 heavy (non-hydrogen) atoms. The topological polar surface area (TPSA) is 30.0 Å². The van der Waals surface area contributed by atoms with Crippen LogP contribution in [0, 0.1) is 0 Å². The SMILES string of the molecule is C[S+](Cc1ccccc1)Cc1ccccc1.[OH-]. The molecule has 2 rings (SSSR count). The van der Waals surface area contributed by atoms with Gasteiger partial charge in [0, 0.05) is 11.1 Å². The zero-order valence-electron chi connectivity index (χ0n) is 10.0. The quantitative estimate of drug-likeness (QED) is 0.760. The summed E-state index contributed by atoms with van der Waals surface area (Å²) in [5, 5.41) is 0. The Balaban J connectivity index is 0.00000144. The second-order valence-electron chi connectivity index (χ2n) is 4.04. The molecule has 0 unspecified atom stereocenters. The van der Waals surface area contributed by atoms with Crippen LogP contribution in [0.1, 0.15) is 11.1 Å². The van der Waals surface area contributed by atoms with Gasteiger partial charge < -0.3 is 5.48 Å². The second-order valence-corrected chi connectivity index (χ2v) is 6.18. The zero-order chi connectivity index (χ0) is 11.2. The van der Waals surface area contributed by atoms with Crippen LogP contribution in [-0.2, 0) is 22.4 Å². The van der Waals surface area contributed by atoms with Gasteiger partial charge in [0.05, 0.1) is 6.26 Å². The van der Waals surface area contributed by atoms with Crippen LogP contribution >= 0.6 is 0 Å². The number of hydrogen-bond acceptors (Lipinski definition) is 1. The second kappa shape index (κ2) is 7.15. The van der Waals surface area contributed by atoms with Crippen LogP contribution in [0.2, 0.25) is 0 Å². The fraction of sp³-hybridized carbons (Fsp3) is 0.200. The van der Waals surface area contributed by atoms with Crippen LogP contribution in [0.25, 0.3) is 0 Å². The van der Waals surface area contributed by atoms with Crippen molar-refractivity contribution in [3.05, 3.63) is 71.8 Å². The molecule has 0 fully saturated rings. The van der Waals surface area contributed by atoms with Crippen molar-refractivity contribution in [3.8, 4) is 0 Å². The number of benzene rings is 2. The minimum absolute atomic E-state index is 0. The van der Waals surface area contributed by atoms with E-state index in [1.807, 2.05) is 0 Å². The Kier molecular flexibility index (Phi) is 5.81. The predicted molar refractivity (Wildman–Crippen MR) is 75.5 cm³/mol. The Bertz CT molecular complexity index is 372. The van der Waals surface area contributed by atoms with Crippen LogP contribution in [0.4, 0.5) is 0 Å². The summed E-state index contributed by atoms with van der Waals surface area (Å²) >= 11 is 0. The van der Waals surface area contributed by atoms with Crippen molar-refractivity contribution < 1.29 is 5.48 Å². The van der Waals surface area contributed by atoms with Gasteiger partial charge in [-0.3, -0.25) is 0 Å². The van der Waals surface area contributed by atoms with Crippen LogP contribution in [0.5, 0.6) is 0 Å². The highest BCUT2D eigenvalue weighted by molar-refractivity contribution is 7.94. The van der Waals surface area contributed by atoms with E-state index in [-0.39, 0.29) is 5.48 Å². The first-order chi connectivity index (χ1) is 7.84. The van der Waals surface area contributed by atoms with E-state index in [1.165, 1.54) is 22.6 Å². The first-order valence-corrected chi connectivity index (χ1v) is 7.49. The van der Waals surface area contributed by atoms with Crippen molar-refractivity contribution in [2.24, 2.45) is 0 Å². The largest absolute Gasteiger partial charge is 0.870 e. The summed E-state index contributed by atoms with van der Waals surface area (Å²) < 4.78 is 0. The molecule has 90 valence electrons. The number of rotatable bonds is 4. The van der Waals surface area contributed by atoms with Crippen molar-refractivity contribution in [3.63, 3.8) is 0 Å². The first-order valence-electron chi connectivity index (χ1n) is 5.51. The summed E-state index contributed by atoms with van der Waals surface area (Å²) in [5.74, 6) is 2.38. The number of hydrogen-bond donors (Lipinski definition) is 0. The van der Waals surface area contributed by atoms with Crippen LogP contribution in [0.15, 0.2) is 60.7 Å². The maximum absolute atomic E-state index is 2.35. The van der Waals surface area contributed by atoms with E-state index in [4.69, 9.17) is 0 Å². The lowest BCUT2D eigenvalue weighted by Crippen LogP contribution is -2.06. The lowest BCUT2D eigenvalue weighted by Gasteiger charge is -2.03. The molecule has 0 atom stereocenters. The lowest BCUT2D eigenvalue weighted by molar-refractivity contribution is 0.824. The summed E-state index contributed by atoms with van der Waals surface area (Å²) in [6, 6.07) is 21.5. The molecular formula is C15H18OS. The Morgan fingerprint density at radius 1 is 0.706 bits per heavy atom. The standard InChI is InChI=1S/C15H17S.H2O/c1-16(12-14-8-4-2-5-9-14)13-15-10-6-3-7-11-15;/h2-11H,12-13H2,1H3;1H2/q+1;/p-1. The molecule has 1 nitrogen and oxygen atoms in total. The van der Waals surface area contributed by atoms with E-state index >= 15 is 0 Å². The van der Waals surface area contributed by atoms with Crippen molar-refractivity contribution in [1.82, 2.24) is 0 Å². The summed E-state index contributed by atoms with van der Waals surface area (Å²) in [5.41, 5.74) is 2.90.